The number of nitrogens with two attached hydrogens (primary N) is 1. The van der Waals surface area contributed by atoms with E-state index in [1.165, 1.54) is 0 Å². The summed E-state index contributed by atoms with van der Waals surface area (Å²) in [5, 5.41) is 11.3. The van der Waals surface area contributed by atoms with Gasteiger partial charge in [-0.25, -0.2) is 0 Å². The summed E-state index contributed by atoms with van der Waals surface area (Å²) in [7, 11) is 0. The quantitative estimate of drug-likeness (QED) is 0.865. The van der Waals surface area contributed by atoms with Gasteiger partial charge in [0.05, 0.1) is 6.10 Å². The van der Waals surface area contributed by atoms with Crippen molar-refractivity contribution in [1.29, 1.82) is 0 Å². The number of rotatable bonds is 4. The first-order valence-electron chi connectivity index (χ1n) is 6.43. The van der Waals surface area contributed by atoms with Gasteiger partial charge in [0.15, 0.2) is 0 Å². The fourth-order valence-electron chi connectivity index (χ4n) is 2.29. The Kier molecular flexibility index (Phi) is 5.22. The first kappa shape index (κ1) is 15.5. The van der Waals surface area contributed by atoms with E-state index in [0.717, 1.165) is 21.2 Å². The minimum absolute atomic E-state index is 0.161. The zero-order valence-corrected chi connectivity index (χ0v) is 13.5. The van der Waals surface area contributed by atoms with Crippen LogP contribution in [0, 0.1) is 6.92 Å². The van der Waals surface area contributed by atoms with Crippen molar-refractivity contribution < 1.29 is 5.11 Å². The van der Waals surface area contributed by atoms with Gasteiger partial charge in [0.25, 0.3) is 0 Å². The maximum absolute atomic E-state index is 10.6. The highest BCUT2D eigenvalue weighted by Gasteiger charge is 2.23. The fourth-order valence-corrected chi connectivity index (χ4v) is 2.98. The van der Waals surface area contributed by atoms with Crippen LogP contribution in [-0.4, -0.2) is 11.7 Å². The summed E-state index contributed by atoms with van der Waals surface area (Å²) in [5.41, 5.74) is 8.66. The van der Waals surface area contributed by atoms with E-state index < -0.39 is 6.10 Å². The highest BCUT2D eigenvalue weighted by atomic mass is 79.9. The molecule has 0 aliphatic heterocycles. The zero-order valence-electron chi connectivity index (χ0n) is 11.2. The number of halogens is 2. The van der Waals surface area contributed by atoms with Crippen molar-refractivity contribution in [3.8, 4) is 0 Å². The van der Waals surface area contributed by atoms with Crippen molar-refractivity contribution in [2.45, 2.75) is 18.9 Å². The molecule has 0 amide bonds. The maximum Gasteiger partial charge on any atom is 0.0871 e. The molecule has 0 saturated carbocycles. The predicted molar refractivity (Wildman–Crippen MR) is 87.1 cm³/mol. The van der Waals surface area contributed by atoms with Gasteiger partial charge in [0.1, 0.15) is 0 Å². The third-order valence-corrected chi connectivity index (χ3v) is 4.61. The van der Waals surface area contributed by atoms with Crippen LogP contribution in [0.3, 0.4) is 0 Å². The molecule has 0 heterocycles. The van der Waals surface area contributed by atoms with Crippen LogP contribution >= 0.6 is 27.5 Å². The van der Waals surface area contributed by atoms with Crippen molar-refractivity contribution in [2.75, 3.05) is 6.54 Å². The molecular formula is C16H17BrClNO. The van der Waals surface area contributed by atoms with Crippen molar-refractivity contribution >= 4 is 27.5 Å². The lowest BCUT2D eigenvalue weighted by Crippen LogP contribution is -2.20. The van der Waals surface area contributed by atoms with Gasteiger partial charge >= 0.3 is 0 Å². The Labute approximate surface area is 132 Å². The Morgan fingerprint density at radius 2 is 1.95 bits per heavy atom. The van der Waals surface area contributed by atoms with Crippen molar-refractivity contribution in [3.63, 3.8) is 0 Å². The molecule has 0 saturated heterocycles. The topological polar surface area (TPSA) is 46.2 Å². The highest BCUT2D eigenvalue weighted by molar-refractivity contribution is 9.10. The third kappa shape index (κ3) is 3.23. The van der Waals surface area contributed by atoms with E-state index >= 15 is 0 Å². The predicted octanol–water partition coefficient (Wildman–Crippen LogP) is 4.19. The lowest BCUT2D eigenvalue weighted by molar-refractivity contribution is 0.147. The Morgan fingerprint density at radius 1 is 1.25 bits per heavy atom. The monoisotopic (exact) mass is 353 g/mol. The number of aliphatic hydroxyl groups is 1. The van der Waals surface area contributed by atoms with Gasteiger partial charge in [-0.2, -0.15) is 0 Å². The van der Waals surface area contributed by atoms with Crippen LogP contribution in [-0.2, 0) is 0 Å². The molecule has 0 fully saturated rings. The van der Waals surface area contributed by atoms with E-state index in [2.05, 4.69) is 15.9 Å². The Bertz CT molecular complexity index is 603. The minimum Gasteiger partial charge on any atom is -0.388 e. The van der Waals surface area contributed by atoms with Crippen molar-refractivity contribution in [3.05, 3.63) is 68.7 Å². The molecule has 2 nitrogen and oxygen atoms in total. The van der Waals surface area contributed by atoms with Crippen molar-refractivity contribution in [1.82, 2.24) is 0 Å². The molecule has 2 unspecified atom stereocenters. The summed E-state index contributed by atoms with van der Waals surface area (Å²) in [6.07, 6.45) is -0.658. The number of hydrogen-bond acceptors (Lipinski definition) is 2. The lowest BCUT2D eigenvalue weighted by Gasteiger charge is -2.23. The molecule has 0 radical (unpaired) electrons. The van der Waals surface area contributed by atoms with Gasteiger partial charge in [-0.3, -0.25) is 0 Å². The molecule has 2 atom stereocenters. The summed E-state index contributed by atoms with van der Waals surface area (Å²) in [6.45, 7) is 2.29. The average Bonchev–Trinajstić information content (AvgIpc) is 2.44. The molecule has 0 bridgehead atoms. The molecule has 0 aliphatic rings. The standard InChI is InChI=1S/C16H17BrClNO/c1-10-8-11(6-7-15(10)18)16(20)13(9-19)12-4-2-3-5-14(12)17/h2-8,13,16,20H,9,19H2,1H3. The number of benzene rings is 2. The number of hydrogen-bond donors (Lipinski definition) is 2. The van der Waals surface area contributed by atoms with E-state index in [-0.39, 0.29) is 5.92 Å². The average molecular weight is 355 g/mol. The van der Waals surface area contributed by atoms with Gasteiger partial charge in [-0.05, 0) is 35.7 Å². The Balaban J connectivity index is 2.36. The van der Waals surface area contributed by atoms with Gasteiger partial charge in [-0.15, -0.1) is 0 Å². The summed E-state index contributed by atoms with van der Waals surface area (Å²) >= 11 is 9.54. The Morgan fingerprint density at radius 3 is 2.55 bits per heavy atom. The van der Waals surface area contributed by atoms with Crippen LogP contribution in [0.2, 0.25) is 5.02 Å². The zero-order chi connectivity index (χ0) is 14.7. The second-order valence-electron chi connectivity index (χ2n) is 4.82. The molecule has 0 aliphatic carbocycles. The maximum atomic E-state index is 10.6. The molecule has 2 aromatic carbocycles. The second-order valence-corrected chi connectivity index (χ2v) is 6.08. The van der Waals surface area contributed by atoms with Crippen LogP contribution in [0.4, 0.5) is 0 Å². The molecule has 4 heteroatoms. The lowest BCUT2D eigenvalue weighted by atomic mass is 9.89. The first-order valence-corrected chi connectivity index (χ1v) is 7.60. The molecule has 0 spiro atoms. The molecule has 20 heavy (non-hydrogen) atoms. The summed E-state index contributed by atoms with van der Waals surface area (Å²) in [6, 6.07) is 13.4. The second kappa shape index (κ2) is 6.72. The van der Waals surface area contributed by atoms with E-state index in [0.29, 0.717) is 11.6 Å². The molecule has 0 aromatic heterocycles. The smallest absolute Gasteiger partial charge is 0.0871 e. The van der Waals surface area contributed by atoms with Crippen molar-refractivity contribution in [2.24, 2.45) is 5.73 Å². The molecule has 2 rings (SSSR count). The van der Waals surface area contributed by atoms with Gasteiger partial charge in [0, 0.05) is 22.0 Å². The largest absolute Gasteiger partial charge is 0.388 e. The van der Waals surface area contributed by atoms with E-state index in [4.69, 9.17) is 17.3 Å². The van der Waals surface area contributed by atoms with Crippen LogP contribution < -0.4 is 5.73 Å². The van der Waals surface area contributed by atoms with E-state index in [1.54, 1.807) is 0 Å². The minimum atomic E-state index is -0.658. The van der Waals surface area contributed by atoms with E-state index in [1.807, 2.05) is 49.4 Å². The normalized spacial score (nSPS) is 14.1. The van der Waals surface area contributed by atoms with Gasteiger partial charge < -0.3 is 10.8 Å². The van der Waals surface area contributed by atoms with Crippen LogP contribution in [0.25, 0.3) is 0 Å². The number of aliphatic hydroxyl groups excluding tert-OH is 1. The highest BCUT2D eigenvalue weighted by Crippen LogP contribution is 2.35. The molecule has 3 N–H and O–H groups in total. The SMILES string of the molecule is Cc1cc(C(O)C(CN)c2ccccc2Br)ccc1Cl. The third-order valence-electron chi connectivity index (χ3n) is 3.46. The molecule has 2 aromatic rings. The fraction of sp³-hybridized carbons (Fsp3) is 0.250. The van der Waals surface area contributed by atoms with Crippen LogP contribution in [0.5, 0.6) is 0 Å². The van der Waals surface area contributed by atoms with Gasteiger partial charge in [0.2, 0.25) is 0 Å². The van der Waals surface area contributed by atoms with Gasteiger partial charge in [-0.1, -0.05) is 57.9 Å². The summed E-state index contributed by atoms with van der Waals surface area (Å²) < 4.78 is 0.959. The van der Waals surface area contributed by atoms with Crippen LogP contribution in [0.15, 0.2) is 46.9 Å². The molecular weight excluding hydrogens is 338 g/mol. The summed E-state index contributed by atoms with van der Waals surface area (Å²) in [4.78, 5) is 0. The van der Waals surface area contributed by atoms with E-state index in [9.17, 15) is 5.11 Å². The number of aryl methyl sites for hydroxylation is 1. The Hall–Kier alpha value is -0.870. The summed E-state index contributed by atoms with van der Waals surface area (Å²) in [5.74, 6) is -0.161. The molecule has 106 valence electrons. The van der Waals surface area contributed by atoms with Crippen LogP contribution in [0.1, 0.15) is 28.7 Å². The first-order chi connectivity index (χ1) is 9.54.